The molecule has 2 aromatic heterocycles. The van der Waals surface area contributed by atoms with Gasteiger partial charge in [-0.3, -0.25) is 9.89 Å². The minimum Gasteiger partial charge on any atom is -0.442 e. The first-order valence-corrected chi connectivity index (χ1v) is 13.2. The van der Waals surface area contributed by atoms with E-state index in [4.69, 9.17) is 9.15 Å². The van der Waals surface area contributed by atoms with Crippen LogP contribution < -0.4 is 10.2 Å². The van der Waals surface area contributed by atoms with Crippen LogP contribution in [0.4, 0.5) is 5.69 Å². The summed E-state index contributed by atoms with van der Waals surface area (Å²) in [5.41, 5.74) is 2.74. The van der Waals surface area contributed by atoms with Crippen molar-refractivity contribution in [2.75, 3.05) is 44.3 Å². The van der Waals surface area contributed by atoms with E-state index in [1.165, 1.54) is 10.4 Å². The summed E-state index contributed by atoms with van der Waals surface area (Å²) in [6.07, 6.45) is 2.82. The molecule has 186 valence electrons. The second-order valence-corrected chi connectivity index (χ2v) is 10.6. The Morgan fingerprint density at radius 1 is 1.09 bits per heavy atom. The number of H-pyrrole nitrogens is 1. The number of sulfonamides is 1. The zero-order valence-electron chi connectivity index (χ0n) is 19.4. The van der Waals surface area contributed by atoms with E-state index in [1.807, 2.05) is 12.1 Å². The number of benzene rings is 1. The van der Waals surface area contributed by atoms with E-state index in [2.05, 4.69) is 32.5 Å². The van der Waals surface area contributed by atoms with Crippen LogP contribution in [0, 0.1) is 5.92 Å². The molecule has 5 rings (SSSR count). The molecule has 11 heteroatoms. The molecule has 10 nitrogen and oxygen atoms in total. The number of piperidine rings is 1. The number of hydrogen-bond donors (Lipinski definition) is 2. The van der Waals surface area contributed by atoms with Crippen LogP contribution in [0.15, 0.2) is 58.2 Å². The lowest BCUT2D eigenvalue weighted by atomic mass is 9.98. The highest BCUT2D eigenvalue weighted by Crippen LogP contribution is 2.28. The first-order chi connectivity index (χ1) is 17.0. The Morgan fingerprint density at radius 3 is 2.63 bits per heavy atom. The number of ether oxygens (including phenoxy) is 1. The zero-order valence-corrected chi connectivity index (χ0v) is 20.2. The van der Waals surface area contributed by atoms with Gasteiger partial charge in [0.25, 0.3) is 10.0 Å². The van der Waals surface area contributed by atoms with E-state index in [1.54, 1.807) is 18.3 Å². The highest BCUT2D eigenvalue weighted by atomic mass is 32.2. The number of nitrogens with one attached hydrogen (secondary N) is 2. The Labute approximate surface area is 204 Å². The maximum atomic E-state index is 13.1. The molecule has 2 N–H and O–H groups in total. The minimum atomic E-state index is -3.84. The molecule has 2 saturated heterocycles. The summed E-state index contributed by atoms with van der Waals surface area (Å²) < 4.78 is 38.6. The van der Waals surface area contributed by atoms with Crippen LogP contribution in [0.25, 0.3) is 11.5 Å². The number of amides is 1. The van der Waals surface area contributed by atoms with Gasteiger partial charge in [0.2, 0.25) is 11.0 Å². The summed E-state index contributed by atoms with van der Waals surface area (Å²) in [7, 11) is -3.84. The number of morpholine rings is 1. The molecule has 1 atom stereocenters. The molecule has 2 aliphatic rings. The molecule has 4 heterocycles. The maximum Gasteiger partial charge on any atom is 0.276 e. The molecule has 0 saturated carbocycles. The van der Waals surface area contributed by atoms with Gasteiger partial charge < -0.3 is 19.4 Å². The summed E-state index contributed by atoms with van der Waals surface area (Å²) in [6.45, 7) is 4.10. The highest BCUT2D eigenvalue weighted by molar-refractivity contribution is 7.89. The van der Waals surface area contributed by atoms with Gasteiger partial charge in [-0.2, -0.15) is 9.40 Å². The quantitative estimate of drug-likeness (QED) is 0.511. The van der Waals surface area contributed by atoms with Gasteiger partial charge >= 0.3 is 0 Å². The molecular weight excluding hydrogens is 470 g/mol. The summed E-state index contributed by atoms with van der Waals surface area (Å²) >= 11 is 0. The van der Waals surface area contributed by atoms with Gasteiger partial charge in [-0.05, 0) is 48.7 Å². The predicted octanol–water partition coefficient (Wildman–Crippen LogP) is 2.22. The zero-order chi connectivity index (χ0) is 24.3. The standard InChI is InChI=1S/C24H29N5O5S/c30-24(25-16-18-3-5-20(6-4-18)28-12-14-33-15-13-28)19-2-1-11-29(17-19)35(31,32)23-8-7-22(34-23)21-9-10-26-27-21/h3-10,19H,1-2,11-17H2,(H,25,30)(H,26,27)/t19-/m0/s1. The number of aromatic nitrogens is 2. The molecule has 1 aromatic carbocycles. The first-order valence-electron chi connectivity index (χ1n) is 11.8. The van der Waals surface area contributed by atoms with Crippen LogP contribution in [0.3, 0.4) is 0 Å². The van der Waals surface area contributed by atoms with Crippen LogP contribution in [-0.2, 0) is 26.1 Å². The monoisotopic (exact) mass is 499 g/mol. The van der Waals surface area contributed by atoms with Crippen LogP contribution >= 0.6 is 0 Å². The van der Waals surface area contributed by atoms with E-state index in [-0.39, 0.29) is 17.5 Å². The molecule has 0 aliphatic carbocycles. The minimum absolute atomic E-state index is 0.129. The molecule has 0 bridgehead atoms. The van der Waals surface area contributed by atoms with Crippen molar-refractivity contribution in [3.05, 3.63) is 54.2 Å². The summed E-state index contributed by atoms with van der Waals surface area (Å²) in [6, 6.07) is 12.9. The lowest BCUT2D eigenvalue weighted by molar-refractivity contribution is -0.126. The fourth-order valence-corrected chi connectivity index (χ4v) is 5.91. The molecular formula is C24H29N5O5S. The molecule has 0 unspecified atom stereocenters. The third-order valence-electron chi connectivity index (χ3n) is 6.48. The molecule has 2 fully saturated rings. The summed E-state index contributed by atoms with van der Waals surface area (Å²) in [4.78, 5) is 15.1. The van der Waals surface area contributed by atoms with Crippen molar-refractivity contribution >= 4 is 21.6 Å². The van der Waals surface area contributed by atoms with Crippen molar-refractivity contribution in [2.24, 2.45) is 5.92 Å². The molecule has 0 spiro atoms. The number of rotatable bonds is 7. The molecule has 3 aromatic rings. The van der Waals surface area contributed by atoms with Crippen molar-refractivity contribution in [3.8, 4) is 11.5 Å². The van der Waals surface area contributed by atoms with E-state index in [9.17, 15) is 13.2 Å². The number of aromatic amines is 1. The topological polar surface area (TPSA) is 121 Å². The van der Waals surface area contributed by atoms with E-state index >= 15 is 0 Å². The largest absolute Gasteiger partial charge is 0.442 e. The lowest BCUT2D eigenvalue weighted by Gasteiger charge is -2.30. The van der Waals surface area contributed by atoms with Gasteiger partial charge in [-0.25, -0.2) is 8.42 Å². The van der Waals surface area contributed by atoms with Gasteiger partial charge in [0.1, 0.15) is 5.69 Å². The fourth-order valence-electron chi connectivity index (χ4n) is 4.48. The van der Waals surface area contributed by atoms with Crippen molar-refractivity contribution < 1.29 is 22.4 Å². The van der Waals surface area contributed by atoms with Gasteiger partial charge in [0, 0.05) is 44.6 Å². The number of hydrogen-bond acceptors (Lipinski definition) is 7. The van der Waals surface area contributed by atoms with Crippen molar-refractivity contribution in [3.63, 3.8) is 0 Å². The third kappa shape index (κ3) is 5.26. The maximum absolute atomic E-state index is 13.1. The number of carbonyl (C=O) groups is 1. The summed E-state index contributed by atoms with van der Waals surface area (Å²) in [5.74, 6) is -0.153. The Morgan fingerprint density at radius 2 is 1.89 bits per heavy atom. The highest BCUT2D eigenvalue weighted by Gasteiger charge is 2.35. The molecule has 2 aliphatic heterocycles. The fraction of sp³-hybridized carbons (Fsp3) is 0.417. The SMILES string of the molecule is O=C(NCc1ccc(N2CCOCC2)cc1)[C@H]1CCCN(S(=O)(=O)c2ccc(-c3ccn[nH]3)o2)C1. The molecule has 35 heavy (non-hydrogen) atoms. The van der Waals surface area contributed by atoms with Crippen LogP contribution in [0.1, 0.15) is 18.4 Å². The smallest absolute Gasteiger partial charge is 0.276 e. The van der Waals surface area contributed by atoms with Gasteiger partial charge in [0.15, 0.2) is 5.76 Å². The number of nitrogens with zero attached hydrogens (tertiary/aromatic N) is 3. The Bertz CT molecular complexity index is 1230. The van der Waals surface area contributed by atoms with Crippen molar-refractivity contribution in [2.45, 2.75) is 24.5 Å². The van der Waals surface area contributed by atoms with Gasteiger partial charge in [0.05, 0.1) is 19.1 Å². The molecule has 1 amide bonds. The van der Waals surface area contributed by atoms with Crippen LogP contribution in [-0.4, -0.2) is 68.2 Å². The average Bonchev–Trinajstić information content (AvgIpc) is 3.61. The van der Waals surface area contributed by atoms with Crippen molar-refractivity contribution in [1.82, 2.24) is 19.8 Å². The Kier molecular flexibility index (Phi) is 6.89. The lowest BCUT2D eigenvalue weighted by Crippen LogP contribution is -2.45. The second kappa shape index (κ2) is 10.2. The Balaban J connectivity index is 1.17. The average molecular weight is 500 g/mol. The van der Waals surface area contributed by atoms with Gasteiger partial charge in [-0.15, -0.1) is 0 Å². The number of furan rings is 1. The predicted molar refractivity (Wildman–Crippen MR) is 129 cm³/mol. The normalized spacial score (nSPS) is 19.5. The molecule has 0 radical (unpaired) electrons. The van der Waals surface area contributed by atoms with Gasteiger partial charge in [-0.1, -0.05) is 12.1 Å². The van der Waals surface area contributed by atoms with E-state index in [0.717, 1.165) is 37.6 Å². The van der Waals surface area contributed by atoms with E-state index in [0.29, 0.717) is 37.4 Å². The first kappa shape index (κ1) is 23.6. The third-order valence-corrected chi connectivity index (χ3v) is 8.22. The summed E-state index contributed by atoms with van der Waals surface area (Å²) in [5, 5.41) is 9.45. The number of anilines is 1. The van der Waals surface area contributed by atoms with Crippen LogP contribution in [0.2, 0.25) is 0 Å². The Hall–Kier alpha value is -3.15. The van der Waals surface area contributed by atoms with E-state index < -0.39 is 15.9 Å². The second-order valence-electron chi connectivity index (χ2n) is 8.77. The number of carbonyl (C=O) groups excluding carboxylic acids is 1. The van der Waals surface area contributed by atoms with Crippen molar-refractivity contribution in [1.29, 1.82) is 0 Å². The van der Waals surface area contributed by atoms with Crippen LogP contribution in [0.5, 0.6) is 0 Å².